The first kappa shape index (κ1) is 16.3. The number of carbonyl (C=O) groups is 1. The molecule has 5 nitrogen and oxygen atoms in total. The van der Waals surface area contributed by atoms with Crippen LogP contribution in [-0.2, 0) is 11.5 Å². The number of aldehydes is 1. The van der Waals surface area contributed by atoms with Gasteiger partial charge in [0.2, 0.25) is 0 Å². The lowest BCUT2D eigenvalue weighted by atomic mass is 10.5. The summed E-state index contributed by atoms with van der Waals surface area (Å²) in [5.74, 6) is 0.911. The molecule has 1 heterocycles. The average molecular weight is 307 g/mol. The van der Waals surface area contributed by atoms with E-state index < -0.39 is 0 Å². The second-order valence-corrected chi connectivity index (χ2v) is 6.05. The Morgan fingerprint density at radius 2 is 2.26 bits per heavy atom. The topological polar surface area (TPSA) is 53.3 Å². The van der Waals surface area contributed by atoms with Gasteiger partial charge in [-0.1, -0.05) is 25.4 Å². The van der Waals surface area contributed by atoms with Crippen LogP contribution in [0.4, 0.5) is 0 Å². The van der Waals surface area contributed by atoms with Gasteiger partial charge in [-0.2, -0.15) is 16.7 Å². The highest BCUT2D eigenvalue weighted by molar-refractivity contribution is 7.99. The Labute approximate surface area is 122 Å². The summed E-state index contributed by atoms with van der Waals surface area (Å²) in [4.78, 5) is 14.8. The molecule has 0 N–H and O–H groups in total. The summed E-state index contributed by atoms with van der Waals surface area (Å²) in [5, 5.41) is 0.830. The minimum Gasteiger partial charge on any atom is -0.465 e. The first-order chi connectivity index (χ1) is 9.10. The zero-order chi connectivity index (χ0) is 14.3. The number of ether oxygens (including phenoxy) is 2. The summed E-state index contributed by atoms with van der Waals surface area (Å²) in [5.41, 5.74) is 0.172. The van der Waals surface area contributed by atoms with Gasteiger partial charge in [-0.3, -0.25) is 9.36 Å². The molecule has 1 aromatic rings. The number of hydrogen-bond acceptors (Lipinski definition) is 5. The van der Waals surface area contributed by atoms with Crippen molar-refractivity contribution >= 4 is 29.6 Å². The predicted molar refractivity (Wildman–Crippen MR) is 77.3 cm³/mol. The highest BCUT2D eigenvalue weighted by Crippen LogP contribution is 2.22. The van der Waals surface area contributed by atoms with Gasteiger partial charge in [0.25, 0.3) is 6.01 Å². The molecule has 0 aliphatic heterocycles. The Morgan fingerprint density at radius 3 is 2.84 bits per heavy atom. The van der Waals surface area contributed by atoms with E-state index in [1.807, 2.05) is 18.7 Å². The lowest BCUT2D eigenvalue weighted by Crippen LogP contribution is -2.09. The SMILES string of the molecule is CCOc1nc(C=O)c(Cl)n1COCCSC(C)C. The van der Waals surface area contributed by atoms with Crippen LogP contribution < -0.4 is 4.74 Å². The minimum absolute atomic E-state index is 0.172. The fourth-order valence-electron chi connectivity index (χ4n) is 1.36. The molecule has 0 aliphatic carbocycles. The zero-order valence-electron chi connectivity index (χ0n) is 11.4. The summed E-state index contributed by atoms with van der Waals surface area (Å²) < 4.78 is 12.4. The minimum atomic E-state index is 0.172. The van der Waals surface area contributed by atoms with E-state index in [1.54, 1.807) is 4.57 Å². The highest BCUT2D eigenvalue weighted by atomic mass is 35.5. The third-order valence-corrected chi connectivity index (χ3v) is 3.65. The molecule has 0 unspecified atom stereocenters. The second-order valence-electron chi connectivity index (χ2n) is 4.01. The first-order valence-electron chi connectivity index (χ1n) is 6.13. The molecule has 0 radical (unpaired) electrons. The van der Waals surface area contributed by atoms with Gasteiger partial charge in [0, 0.05) is 5.75 Å². The number of imidazole rings is 1. The zero-order valence-corrected chi connectivity index (χ0v) is 13.0. The summed E-state index contributed by atoms with van der Waals surface area (Å²) in [6.07, 6.45) is 0.607. The quantitative estimate of drug-likeness (QED) is 0.519. The molecule has 0 bridgehead atoms. The summed E-state index contributed by atoms with van der Waals surface area (Å²) in [6.45, 7) is 7.41. The van der Waals surface area contributed by atoms with Gasteiger partial charge in [-0.25, -0.2) is 0 Å². The molecular weight excluding hydrogens is 288 g/mol. The van der Waals surface area contributed by atoms with Gasteiger partial charge >= 0.3 is 0 Å². The van der Waals surface area contributed by atoms with Crippen LogP contribution in [0.5, 0.6) is 6.01 Å². The standard InChI is InChI=1S/C12H19ClN2O3S/c1-4-18-12-14-10(7-16)11(13)15(12)8-17-5-6-19-9(2)3/h7,9H,4-6,8H2,1-3H3. The van der Waals surface area contributed by atoms with Gasteiger partial charge in [-0.15, -0.1) is 0 Å². The van der Waals surface area contributed by atoms with Crippen LogP contribution in [0.25, 0.3) is 0 Å². The number of carbonyl (C=O) groups excluding carboxylic acids is 1. The van der Waals surface area contributed by atoms with Crippen LogP contribution >= 0.6 is 23.4 Å². The predicted octanol–water partition coefficient (Wildman–Crippen LogP) is 2.86. The molecule has 0 spiro atoms. The molecule has 0 aliphatic rings. The van der Waals surface area contributed by atoms with Crippen LogP contribution in [0.1, 0.15) is 31.3 Å². The van der Waals surface area contributed by atoms with Crippen molar-refractivity contribution in [3.8, 4) is 6.01 Å². The van der Waals surface area contributed by atoms with Crippen LogP contribution in [0.3, 0.4) is 0 Å². The maximum absolute atomic E-state index is 10.8. The molecule has 1 rings (SSSR count). The van der Waals surface area contributed by atoms with Crippen LogP contribution in [0.2, 0.25) is 5.15 Å². The molecule has 0 amide bonds. The fourth-order valence-corrected chi connectivity index (χ4v) is 2.25. The number of hydrogen-bond donors (Lipinski definition) is 0. The van der Waals surface area contributed by atoms with E-state index >= 15 is 0 Å². The van der Waals surface area contributed by atoms with Crippen molar-refractivity contribution in [2.24, 2.45) is 0 Å². The van der Waals surface area contributed by atoms with Crippen LogP contribution in [-0.4, -0.2) is 40.1 Å². The molecule has 108 valence electrons. The van der Waals surface area contributed by atoms with Crippen LogP contribution in [0.15, 0.2) is 0 Å². The average Bonchev–Trinajstić information content (AvgIpc) is 2.66. The molecule has 7 heteroatoms. The normalized spacial score (nSPS) is 11.0. The fraction of sp³-hybridized carbons (Fsp3) is 0.667. The van der Waals surface area contributed by atoms with Crippen molar-refractivity contribution in [2.45, 2.75) is 32.8 Å². The van der Waals surface area contributed by atoms with Crippen molar-refractivity contribution in [1.29, 1.82) is 0 Å². The van der Waals surface area contributed by atoms with Gasteiger partial charge in [-0.05, 0) is 12.2 Å². The van der Waals surface area contributed by atoms with Gasteiger partial charge in [0.15, 0.2) is 6.29 Å². The summed E-state index contributed by atoms with van der Waals surface area (Å²) in [7, 11) is 0. The Bertz CT molecular complexity index is 410. The maximum Gasteiger partial charge on any atom is 0.300 e. The van der Waals surface area contributed by atoms with Gasteiger partial charge in [0.05, 0.1) is 13.2 Å². The van der Waals surface area contributed by atoms with Crippen molar-refractivity contribution < 1.29 is 14.3 Å². The Balaban J connectivity index is 2.55. The Kier molecular flexibility index (Phi) is 7.27. The van der Waals surface area contributed by atoms with E-state index in [9.17, 15) is 4.79 Å². The number of halogens is 1. The second kappa shape index (κ2) is 8.45. The number of rotatable bonds is 9. The van der Waals surface area contributed by atoms with E-state index in [4.69, 9.17) is 21.1 Å². The molecule has 19 heavy (non-hydrogen) atoms. The van der Waals surface area contributed by atoms with Crippen molar-refractivity contribution in [3.63, 3.8) is 0 Å². The molecule has 0 aromatic carbocycles. The number of thioether (sulfide) groups is 1. The van der Waals surface area contributed by atoms with Gasteiger partial charge < -0.3 is 9.47 Å². The van der Waals surface area contributed by atoms with E-state index in [2.05, 4.69) is 18.8 Å². The monoisotopic (exact) mass is 306 g/mol. The summed E-state index contributed by atoms with van der Waals surface area (Å²) >= 11 is 7.86. The molecule has 0 saturated heterocycles. The van der Waals surface area contributed by atoms with Crippen molar-refractivity contribution in [2.75, 3.05) is 19.0 Å². The molecule has 0 saturated carbocycles. The Morgan fingerprint density at radius 1 is 1.53 bits per heavy atom. The van der Waals surface area contributed by atoms with E-state index in [1.165, 1.54) is 0 Å². The number of nitrogens with zero attached hydrogens (tertiary/aromatic N) is 2. The van der Waals surface area contributed by atoms with Crippen LogP contribution in [0, 0.1) is 0 Å². The lowest BCUT2D eigenvalue weighted by Gasteiger charge is -2.10. The third kappa shape index (κ3) is 5.04. The largest absolute Gasteiger partial charge is 0.465 e. The lowest BCUT2D eigenvalue weighted by molar-refractivity contribution is 0.0819. The third-order valence-electron chi connectivity index (χ3n) is 2.18. The van der Waals surface area contributed by atoms with Crippen molar-refractivity contribution in [3.05, 3.63) is 10.8 Å². The molecular formula is C12H19ClN2O3S. The van der Waals surface area contributed by atoms with Crippen molar-refractivity contribution in [1.82, 2.24) is 9.55 Å². The molecule has 1 aromatic heterocycles. The Hall–Kier alpha value is -0.720. The maximum atomic E-state index is 10.8. The molecule has 0 atom stereocenters. The van der Waals surface area contributed by atoms with E-state index in [0.29, 0.717) is 30.8 Å². The van der Waals surface area contributed by atoms with Gasteiger partial charge in [0.1, 0.15) is 17.6 Å². The van der Waals surface area contributed by atoms with E-state index in [-0.39, 0.29) is 17.6 Å². The first-order valence-corrected chi connectivity index (χ1v) is 7.56. The smallest absolute Gasteiger partial charge is 0.300 e. The summed E-state index contributed by atoms with van der Waals surface area (Å²) in [6, 6.07) is 0.311. The van der Waals surface area contributed by atoms with E-state index in [0.717, 1.165) is 5.75 Å². The molecule has 0 fully saturated rings. The highest BCUT2D eigenvalue weighted by Gasteiger charge is 2.15. The number of aromatic nitrogens is 2.